The van der Waals surface area contributed by atoms with E-state index < -0.39 is 29.6 Å². The van der Waals surface area contributed by atoms with Crippen LogP contribution < -0.4 is 10.6 Å². The van der Waals surface area contributed by atoms with E-state index in [9.17, 15) is 19.5 Å². The molecule has 0 radical (unpaired) electrons. The largest absolute Gasteiger partial charge is 0.479 e. The van der Waals surface area contributed by atoms with Gasteiger partial charge in [-0.3, -0.25) is 4.79 Å². The number of carbonyl (C=O) groups excluding carboxylic acids is 2. The quantitative estimate of drug-likeness (QED) is 0.553. The van der Waals surface area contributed by atoms with Crippen molar-refractivity contribution in [2.24, 2.45) is 0 Å². The minimum Gasteiger partial charge on any atom is -0.479 e. The lowest BCUT2D eigenvalue weighted by atomic mass is 9.98. The van der Waals surface area contributed by atoms with Crippen molar-refractivity contribution in [2.75, 3.05) is 20.3 Å². The number of rotatable bonds is 9. The molecule has 0 aliphatic heterocycles. The predicted octanol–water partition coefficient (Wildman–Crippen LogP) is 2.91. The van der Waals surface area contributed by atoms with Crippen LogP contribution in [-0.2, 0) is 19.1 Å². The number of aliphatic carboxylic acids is 1. The molecule has 0 bridgehead atoms. The molecule has 32 heavy (non-hydrogen) atoms. The van der Waals surface area contributed by atoms with Gasteiger partial charge in [-0.25, -0.2) is 9.59 Å². The number of alkyl carbamates (subject to hydrolysis) is 1. The highest BCUT2D eigenvalue weighted by Crippen LogP contribution is 2.44. The Kier molecular flexibility index (Phi) is 7.15. The first-order valence-electron chi connectivity index (χ1n) is 10.5. The maximum Gasteiger partial charge on any atom is 0.407 e. The molecule has 0 saturated heterocycles. The zero-order chi connectivity index (χ0) is 23.3. The molecule has 2 aromatic carbocycles. The van der Waals surface area contributed by atoms with E-state index in [0.717, 1.165) is 22.3 Å². The van der Waals surface area contributed by atoms with Crippen LogP contribution in [0, 0.1) is 0 Å². The van der Waals surface area contributed by atoms with Crippen LogP contribution in [0.25, 0.3) is 11.1 Å². The van der Waals surface area contributed by atoms with Gasteiger partial charge in [-0.05, 0) is 35.6 Å². The molecular weight excluding hydrogens is 412 g/mol. The lowest BCUT2D eigenvalue weighted by molar-refractivity contribution is -0.149. The predicted molar refractivity (Wildman–Crippen MR) is 118 cm³/mol. The molecule has 1 aliphatic rings. The first-order chi connectivity index (χ1) is 15.3. The standard InChI is InChI=1S/C24H28N2O6/c1-4-20(21(27)26-24(2,14-31-3)22(28)29)25-23(30)32-13-19-17-11-7-5-9-15(17)16-10-6-8-12-18(16)19/h5-12,19-20H,4,13-14H2,1-3H3,(H,25,30)(H,26,27)(H,28,29). The van der Waals surface area contributed by atoms with E-state index in [-0.39, 0.29) is 25.6 Å². The molecule has 170 valence electrons. The van der Waals surface area contributed by atoms with Gasteiger partial charge in [-0.2, -0.15) is 0 Å². The molecule has 0 saturated carbocycles. The van der Waals surface area contributed by atoms with E-state index in [1.165, 1.54) is 14.0 Å². The number of carboxylic acids is 1. The number of carbonyl (C=O) groups is 3. The van der Waals surface area contributed by atoms with Crippen molar-refractivity contribution in [3.05, 3.63) is 59.7 Å². The molecule has 2 amide bonds. The van der Waals surface area contributed by atoms with Crippen molar-refractivity contribution >= 4 is 18.0 Å². The second-order valence-corrected chi connectivity index (χ2v) is 7.99. The van der Waals surface area contributed by atoms with Crippen LogP contribution >= 0.6 is 0 Å². The lowest BCUT2D eigenvalue weighted by Gasteiger charge is -2.27. The minimum atomic E-state index is -1.61. The van der Waals surface area contributed by atoms with Crippen LogP contribution in [0.2, 0.25) is 0 Å². The third-order valence-electron chi connectivity index (χ3n) is 5.66. The first kappa shape index (κ1) is 23.3. The summed E-state index contributed by atoms with van der Waals surface area (Å²) in [5.74, 6) is -1.95. The highest BCUT2D eigenvalue weighted by Gasteiger charge is 2.37. The summed E-state index contributed by atoms with van der Waals surface area (Å²) in [5.41, 5.74) is 2.80. The van der Waals surface area contributed by atoms with Gasteiger partial charge in [-0.1, -0.05) is 55.5 Å². The number of carboxylic acid groups (broad SMARTS) is 1. The third kappa shape index (κ3) is 4.75. The molecule has 3 rings (SSSR count). The highest BCUT2D eigenvalue weighted by atomic mass is 16.5. The Hall–Kier alpha value is -3.39. The van der Waals surface area contributed by atoms with Crippen LogP contribution in [0.4, 0.5) is 4.79 Å². The zero-order valence-corrected chi connectivity index (χ0v) is 18.4. The number of ether oxygens (including phenoxy) is 2. The van der Waals surface area contributed by atoms with Crippen molar-refractivity contribution in [1.82, 2.24) is 10.6 Å². The number of hydrogen-bond acceptors (Lipinski definition) is 5. The number of hydrogen-bond donors (Lipinski definition) is 3. The maximum atomic E-state index is 12.6. The van der Waals surface area contributed by atoms with Crippen molar-refractivity contribution in [3.63, 3.8) is 0 Å². The van der Waals surface area contributed by atoms with E-state index in [2.05, 4.69) is 10.6 Å². The number of methoxy groups -OCH3 is 1. The van der Waals surface area contributed by atoms with Crippen LogP contribution in [0.15, 0.2) is 48.5 Å². The van der Waals surface area contributed by atoms with Crippen LogP contribution in [0.1, 0.15) is 37.3 Å². The number of benzene rings is 2. The maximum absolute atomic E-state index is 12.6. The van der Waals surface area contributed by atoms with Gasteiger partial charge >= 0.3 is 12.1 Å². The molecule has 0 heterocycles. The van der Waals surface area contributed by atoms with E-state index in [1.807, 2.05) is 48.5 Å². The second-order valence-electron chi connectivity index (χ2n) is 7.99. The van der Waals surface area contributed by atoms with Crippen LogP contribution in [0.3, 0.4) is 0 Å². The molecule has 0 fully saturated rings. The molecular formula is C24H28N2O6. The zero-order valence-electron chi connectivity index (χ0n) is 18.4. The Morgan fingerprint density at radius 3 is 2.12 bits per heavy atom. The molecule has 8 nitrogen and oxygen atoms in total. The molecule has 0 spiro atoms. The van der Waals surface area contributed by atoms with E-state index >= 15 is 0 Å². The van der Waals surface area contributed by atoms with Crippen LogP contribution in [-0.4, -0.2) is 55.0 Å². The van der Waals surface area contributed by atoms with Crippen molar-refractivity contribution in [3.8, 4) is 11.1 Å². The fraction of sp³-hybridized carbons (Fsp3) is 0.375. The summed E-state index contributed by atoms with van der Waals surface area (Å²) in [7, 11) is 1.35. The Balaban J connectivity index is 1.64. The summed E-state index contributed by atoms with van der Waals surface area (Å²) < 4.78 is 10.4. The summed E-state index contributed by atoms with van der Waals surface area (Å²) in [6.45, 7) is 2.96. The SMILES string of the molecule is CCC(NC(=O)OCC1c2ccccc2-c2ccccc21)C(=O)NC(C)(COC)C(=O)O. The van der Waals surface area contributed by atoms with Crippen molar-refractivity contribution in [2.45, 2.75) is 37.8 Å². The second kappa shape index (κ2) is 9.82. The van der Waals surface area contributed by atoms with Crippen molar-refractivity contribution in [1.29, 1.82) is 0 Å². The average Bonchev–Trinajstić information content (AvgIpc) is 3.09. The number of fused-ring (bicyclic) bond motifs is 3. The monoisotopic (exact) mass is 440 g/mol. The third-order valence-corrected chi connectivity index (χ3v) is 5.66. The van der Waals surface area contributed by atoms with Gasteiger partial charge in [0.05, 0.1) is 6.61 Å². The molecule has 2 unspecified atom stereocenters. The molecule has 1 aliphatic carbocycles. The first-order valence-corrected chi connectivity index (χ1v) is 10.5. The summed E-state index contributed by atoms with van der Waals surface area (Å²) in [6.07, 6.45) is -0.476. The molecule has 3 N–H and O–H groups in total. The normalized spacial score (nSPS) is 15.1. The van der Waals surface area contributed by atoms with E-state index in [1.54, 1.807) is 6.92 Å². The summed E-state index contributed by atoms with van der Waals surface area (Å²) in [5, 5.41) is 14.4. The lowest BCUT2D eigenvalue weighted by Crippen LogP contribution is -2.59. The fourth-order valence-corrected chi connectivity index (χ4v) is 3.93. The van der Waals surface area contributed by atoms with Gasteiger partial charge in [0.1, 0.15) is 12.6 Å². The number of nitrogens with one attached hydrogen (secondary N) is 2. The Morgan fingerprint density at radius 2 is 1.62 bits per heavy atom. The van der Waals surface area contributed by atoms with Gasteiger partial charge in [0.2, 0.25) is 5.91 Å². The van der Waals surface area contributed by atoms with Crippen molar-refractivity contribution < 1.29 is 29.0 Å². The van der Waals surface area contributed by atoms with Crippen LogP contribution in [0.5, 0.6) is 0 Å². The highest BCUT2D eigenvalue weighted by molar-refractivity contribution is 5.91. The van der Waals surface area contributed by atoms with Gasteiger partial charge in [0.15, 0.2) is 5.54 Å². The summed E-state index contributed by atoms with van der Waals surface area (Å²) in [6, 6.07) is 15.0. The fourth-order valence-electron chi connectivity index (χ4n) is 3.93. The molecule has 2 aromatic rings. The molecule has 2 atom stereocenters. The Bertz CT molecular complexity index is 962. The van der Waals surface area contributed by atoms with Gasteiger partial charge in [0.25, 0.3) is 0 Å². The number of amides is 2. The van der Waals surface area contributed by atoms with E-state index in [0.29, 0.717) is 0 Å². The Labute approximate surface area is 186 Å². The molecule has 8 heteroatoms. The van der Waals surface area contributed by atoms with Gasteiger partial charge < -0.3 is 25.2 Å². The molecule has 0 aromatic heterocycles. The van der Waals surface area contributed by atoms with E-state index in [4.69, 9.17) is 9.47 Å². The topological polar surface area (TPSA) is 114 Å². The summed E-state index contributed by atoms with van der Waals surface area (Å²) >= 11 is 0. The minimum absolute atomic E-state index is 0.0981. The van der Waals surface area contributed by atoms with Gasteiger partial charge in [-0.15, -0.1) is 0 Å². The van der Waals surface area contributed by atoms with Gasteiger partial charge in [0, 0.05) is 13.0 Å². The Morgan fingerprint density at radius 1 is 1.06 bits per heavy atom. The summed E-state index contributed by atoms with van der Waals surface area (Å²) in [4.78, 5) is 36.6. The average molecular weight is 440 g/mol. The smallest absolute Gasteiger partial charge is 0.407 e.